The van der Waals surface area contributed by atoms with Gasteiger partial charge < -0.3 is 14.8 Å². The number of hydrogen-bond donors (Lipinski definition) is 1. The fourth-order valence-corrected chi connectivity index (χ4v) is 1.52. The predicted octanol–water partition coefficient (Wildman–Crippen LogP) is 3.17. The fraction of sp³-hybridized carbons (Fsp3) is 0.571. The number of ether oxygens (including phenoxy) is 2. The van der Waals surface area contributed by atoms with Crippen LogP contribution in [-0.4, -0.2) is 26.9 Å². The molecule has 0 radical (unpaired) electrons. The molecule has 96 valence electrons. The molecule has 0 aliphatic heterocycles. The molecule has 0 aliphatic rings. The van der Waals surface area contributed by atoms with Crippen LogP contribution in [0.5, 0.6) is 5.75 Å². The summed E-state index contributed by atoms with van der Waals surface area (Å²) in [5.41, 5.74) is 1.12. The standard InChI is InChI=1S/C14H23NO2/c1-4-9-17-14-7-5-13(6-8-14)15-10-12(2)11-16-3/h5-8,12,15H,4,9-11H2,1-3H3. The zero-order valence-corrected chi connectivity index (χ0v) is 11.0. The van der Waals surface area contributed by atoms with E-state index in [0.29, 0.717) is 5.92 Å². The molecule has 0 bridgehead atoms. The molecular formula is C14H23NO2. The van der Waals surface area contributed by atoms with E-state index in [4.69, 9.17) is 9.47 Å². The maximum atomic E-state index is 5.53. The molecule has 0 spiro atoms. The van der Waals surface area contributed by atoms with Crippen LogP contribution in [0.1, 0.15) is 20.3 Å². The van der Waals surface area contributed by atoms with Gasteiger partial charge in [0.15, 0.2) is 0 Å². The first-order valence-corrected chi connectivity index (χ1v) is 6.22. The lowest BCUT2D eigenvalue weighted by Crippen LogP contribution is -2.15. The Labute approximate surface area is 104 Å². The summed E-state index contributed by atoms with van der Waals surface area (Å²) in [6.45, 7) is 6.74. The second-order valence-corrected chi connectivity index (χ2v) is 4.31. The van der Waals surface area contributed by atoms with E-state index in [-0.39, 0.29) is 0 Å². The van der Waals surface area contributed by atoms with Gasteiger partial charge in [-0.1, -0.05) is 13.8 Å². The first-order valence-electron chi connectivity index (χ1n) is 6.22. The van der Waals surface area contributed by atoms with Gasteiger partial charge in [-0.2, -0.15) is 0 Å². The van der Waals surface area contributed by atoms with Crippen LogP contribution in [0.25, 0.3) is 0 Å². The molecule has 1 rings (SSSR count). The van der Waals surface area contributed by atoms with Crippen LogP contribution in [0, 0.1) is 5.92 Å². The summed E-state index contributed by atoms with van der Waals surface area (Å²) < 4.78 is 10.6. The summed E-state index contributed by atoms with van der Waals surface area (Å²) >= 11 is 0. The molecule has 0 saturated heterocycles. The molecule has 0 saturated carbocycles. The quantitative estimate of drug-likeness (QED) is 0.753. The Bertz CT molecular complexity index is 298. The lowest BCUT2D eigenvalue weighted by atomic mass is 10.2. The van der Waals surface area contributed by atoms with Crippen LogP contribution in [0.15, 0.2) is 24.3 Å². The summed E-state index contributed by atoms with van der Waals surface area (Å²) in [6.07, 6.45) is 1.04. The van der Waals surface area contributed by atoms with Crippen molar-refractivity contribution in [3.63, 3.8) is 0 Å². The molecule has 1 atom stereocenters. The molecule has 1 unspecified atom stereocenters. The Hall–Kier alpha value is -1.22. The lowest BCUT2D eigenvalue weighted by molar-refractivity contribution is 0.164. The molecule has 0 aromatic heterocycles. The fourth-order valence-electron chi connectivity index (χ4n) is 1.52. The second-order valence-electron chi connectivity index (χ2n) is 4.31. The summed E-state index contributed by atoms with van der Waals surface area (Å²) in [4.78, 5) is 0. The van der Waals surface area contributed by atoms with E-state index >= 15 is 0 Å². The van der Waals surface area contributed by atoms with Crippen molar-refractivity contribution in [2.45, 2.75) is 20.3 Å². The number of anilines is 1. The van der Waals surface area contributed by atoms with Gasteiger partial charge in [0.05, 0.1) is 13.2 Å². The molecule has 0 amide bonds. The topological polar surface area (TPSA) is 30.5 Å². The molecule has 0 fully saturated rings. The van der Waals surface area contributed by atoms with Gasteiger partial charge in [0.2, 0.25) is 0 Å². The van der Waals surface area contributed by atoms with Crippen LogP contribution in [-0.2, 0) is 4.74 Å². The summed E-state index contributed by atoms with van der Waals surface area (Å²) in [5.74, 6) is 1.44. The number of hydrogen-bond acceptors (Lipinski definition) is 3. The van der Waals surface area contributed by atoms with Crippen molar-refractivity contribution in [2.24, 2.45) is 5.92 Å². The lowest BCUT2D eigenvalue weighted by Gasteiger charge is -2.13. The van der Waals surface area contributed by atoms with Gasteiger partial charge in [0.25, 0.3) is 0 Å². The average molecular weight is 237 g/mol. The molecule has 1 N–H and O–H groups in total. The van der Waals surface area contributed by atoms with Crippen molar-refractivity contribution in [3.05, 3.63) is 24.3 Å². The highest BCUT2D eigenvalue weighted by molar-refractivity contribution is 5.46. The van der Waals surface area contributed by atoms with E-state index in [1.165, 1.54) is 0 Å². The van der Waals surface area contributed by atoms with Crippen LogP contribution >= 0.6 is 0 Å². The van der Waals surface area contributed by atoms with Gasteiger partial charge in [0, 0.05) is 19.3 Å². The largest absolute Gasteiger partial charge is 0.494 e. The Morgan fingerprint density at radius 1 is 1.24 bits per heavy atom. The maximum Gasteiger partial charge on any atom is 0.119 e. The molecule has 0 aliphatic carbocycles. The first kappa shape index (κ1) is 13.8. The zero-order valence-electron chi connectivity index (χ0n) is 11.0. The van der Waals surface area contributed by atoms with Crippen molar-refractivity contribution in [3.8, 4) is 5.75 Å². The third-order valence-corrected chi connectivity index (χ3v) is 2.43. The highest BCUT2D eigenvalue weighted by atomic mass is 16.5. The molecule has 1 aromatic carbocycles. The minimum atomic E-state index is 0.510. The van der Waals surface area contributed by atoms with Gasteiger partial charge in [-0.15, -0.1) is 0 Å². The Morgan fingerprint density at radius 3 is 2.53 bits per heavy atom. The van der Waals surface area contributed by atoms with Crippen molar-refractivity contribution in [1.29, 1.82) is 0 Å². The van der Waals surface area contributed by atoms with E-state index < -0.39 is 0 Å². The monoisotopic (exact) mass is 237 g/mol. The van der Waals surface area contributed by atoms with Crippen LogP contribution in [0.2, 0.25) is 0 Å². The number of benzene rings is 1. The Balaban J connectivity index is 2.34. The molecule has 0 heterocycles. The molecule has 1 aromatic rings. The van der Waals surface area contributed by atoms with Gasteiger partial charge in [-0.05, 0) is 36.6 Å². The zero-order chi connectivity index (χ0) is 12.5. The smallest absolute Gasteiger partial charge is 0.119 e. The molecular weight excluding hydrogens is 214 g/mol. The molecule has 3 nitrogen and oxygen atoms in total. The van der Waals surface area contributed by atoms with E-state index in [9.17, 15) is 0 Å². The van der Waals surface area contributed by atoms with Crippen molar-refractivity contribution < 1.29 is 9.47 Å². The third kappa shape index (κ3) is 5.59. The molecule has 3 heteroatoms. The normalized spacial score (nSPS) is 12.2. The summed E-state index contributed by atoms with van der Waals surface area (Å²) in [6, 6.07) is 8.09. The van der Waals surface area contributed by atoms with E-state index in [1.54, 1.807) is 7.11 Å². The number of nitrogens with one attached hydrogen (secondary N) is 1. The van der Waals surface area contributed by atoms with E-state index in [2.05, 4.69) is 19.2 Å². The molecule has 17 heavy (non-hydrogen) atoms. The summed E-state index contributed by atoms with van der Waals surface area (Å²) in [7, 11) is 1.73. The van der Waals surface area contributed by atoms with E-state index in [1.807, 2.05) is 24.3 Å². The predicted molar refractivity (Wildman–Crippen MR) is 71.8 cm³/mol. The first-order chi connectivity index (χ1) is 8.26. The third-order valence-electron chi connectivity index (χ3n) is 2.43. The van der Waals surface area contributed by atoms with Crippen molar-refractivity contribution >= 4 is 5.69 Å². The van der Waals surface area contributed by atoms with Gasteiger partial charge in [-0.25, -0.2) is 0 Å². The second kappa shape index (κ2) is 7.96. The van der Waals surface area contributed by atoms with Gasteiger partial charge in [0.1, 0.15) is 5.75 Å². The minimum absolute atomic E-state index is 0.510. The van der Waals surface area contributed by atoms with Crippen molar-refractivity contribution in [1.82, 2.24) is 0 Å². The Morgan fingerprint density at radius 2 is 1.94 bits per heavy atom. The average Bonchev–Trinajstić information content (AvgIpc) is 2.35. The van der Waals surface area contributed by atoms with Crippen molar-refractivity contribution in [2.75, 3.05) is 32.2 Å². The number of rotatable bonds is 8. The van der Waals surface area contributed by atoms with Crippen LogP contribution in [0.3, 0.4) is 0 Å². The number of methoxy groups -OCH3 is 1. The highest BCUT2D eigenvalue weighted by Gasteiger charge is 2.01. The highest BCUT2D eigenvalue weighted by Crippen LogP contribution is 2.16. The summed E-state index contributed by atoms with van der Waals surface area (Å²) in [5, 5.41) is 3.38. The van der Waals surface area contributed by atoms with Gasteiger partial charge >= 0.3 is 0 Å². The Kier molecular flexibility index (Phi) is 6.48. The van der Waals surface area contributed by atoms with E-state index in [0.717, 1.165) is 37.6 Å². The van der Waals surface area contributed by atoms with Crippen LogP contribution < -0.4 is 10.1 Å². The maximum absolute atomic E-state index is 5.53. The van der Waals surface area contributed by atoms with Crippen LogP contribution in [0.4, 0.5) is 5.69 Å². The van der Waals surface area contributed by atoms with Gasteiger partial charge in [-0.3, -0.25) is 0 Å². The SMILES string of the molecule is CCCOc1ccc(NCC(C)COC)cc1. The minimum Gasteiger partial charge on any atom is -0.494 e.